The van der Waals surface area contributed by atoms with Gasteiger partial charge in [-0.2, -0.15) is 0 Å². The van der Waals surface area contributed by atoms with E-state index in [0.717, 1.165) is 31.2 Å². The van der Waals surface area contributed by atoms with E-state index in [1.54, 1.807) is 48.5 Å². The third kappa shape index (κ3) is 24.3. The summed E-state index contributed by atoms with van der Waals surface area (Å²) in [5, 5.41) is 210. The minimum Gasteiger partial charge on any atom is -0.508 e. The molecular formula is C66H79N14O29P. The van der Waals surface area contributed by atoms with E-state index < -0.39 is 257 Å². The zero-order valence-electron chi connectivity index (χ0n) is 57.9. The molecule has 44 heteroatoms. The van der Waals surface area contributed by atoms with Crippen molar-refractivity contribution < 1.29 is 144 Å². The summed E-state index contributed by atoms with van der Waals surface area (Å²) in [6.07, 6.45) is -9.96. The lowest BCUT2D eigenvalue weighted by atomic mass is 10.0. The van der Waals surface area contributed by atoms with Crippen LogP contribution in [0.4, 0.5) is 0 Å². The van der Waals surface area contributed by atoms with Crippen LogP contribution in [0.5, 0.6) is 5.75 Å². The van der Waals surface area contributed by atoms with Crippen LogP contribution in [0.1, 0.15) is 81.5 Å². The minimum atomic E-state index is -5.97. The molecule has 0 amide bonds. The average molecular weight is 1560 g/mol. The van der Waals surface area contributed by atoms with Crippen molar-refractivity contribution in [1.82, 2.24) is 9.97 Å². The second-order valence-electron chi connectivity index (χ2n) is 24.6. The van der Waals surface area contributed by atoms with Gasteiger partial charge in [0.15, 0.2) is 42.4 Å². The fourth-order valence-corrected chi connectivity index (χ4v) is 11.4. The number of phenolic OH excluding ortho intramolecular Hbond substituents is 1. The summed E-state index contributed by atoms with van der Waals surface area (Å²) in [6.45, 7) is 0.252. The smallest absolute Gasteiger partial charge is 0.470 e. The fraction of sp³-hybridized carbons (Fsp3) is 0.409. The van der Waals surface area contributed by atoms with Crippen LogP contribution in [0.2, 0.25) is 0 Å². The maximum Gasteiger partial charge on any atom is 0.470 e. The number of aliphatic carboxylic acids is 4. The van der Waals surface area contributed by atoms with Gasteiger partial charge in [0.2, 0.25) is 70.8 Å². The number of phosphoric acid groups is 1. The number of aromatic hydroxyl groups is 1. The van der Waals surface area contributed by atoms with E-state index in [2.05, 4.69) is 69.4 Å². The van der Waals surface area contributed by atoms with Crippen LogP contribution in [0.25, 0.3) is 21.8 Å². The number of aromatic amines is 2. The number of aliphatic hydroxyl groups is 13. The van der Waals surface area contributed by atoms with Crippen LogP contribution < -0.4 is 0 Å². The van der Waals surface area contributed by atoms with Gasteiger partial charge < -0.3 is 121 Å². The molecule has 592 valence electrons. The van der Waals surface area contributed by atoms with Crippen molar-refractivity contribution in [1.29, 1.82) is 5.41 Å². The number of carbonyl (C=O) groups excluding carboxylic acids is 1. The molecule has 110 heavy (non-hydrogen) atoms. The highest BCUT2D eigenvalue weighted by atomic mass is 31.2. The Morgan fingerprint density at radius 3 is 1.63 bits per heavy atom. The number of phenols is 1. The number of esters is 1. The first-order valence-electron chi connectivity index (χ1n) is 33.1. The highest BCUT2D eigenvalue weighted by Gasteiger charge is 2.44. The maximum absolute atomic E-state index is 15.1. The monoisotopic (exact) mass is 1560 g/mol. The number of phosphoric ester groups is 1. The van der Waals surface area contributed by atoms with Gasteiger partial charge in [0, 0.05) is 53.5 Å². The van der Waals surface area contributed by atoms with Crippen molar-refractivity contribution in [3.05, 3.63) is 102 Å². The standard InChI is InChI=1S/C66H79N14O29P/c1-3-8-44-53(108-44)65(102)77-43(27-81)61(98)79-50-28(2)107-66(103)42(20-31-25-69-36-12-7-5-10-34(31)36)76-57(94)37(17-18-46(84)85)71-64(101)52(54(55(67)92)109-110(104,105)106)78-45(83)26-70-56(93)39(21-47(86)87)75-63(100)51(29-13-15-32(82)16-14-29)80-60(97)41(23-49(90)91)73-59(96)40(22-48(88)89)72-58(95)38(74-62(50)99)19-30-24-68-35-11-6-4-9-33(30)35/h4-7,9-16,24-25,28,37-44,50-54,68-69,81-82H,3,8,17-23,26-27H2,1-2H3,(H2,67,92)(H,70,93)(H,71,101)(H,72,95)(H,73,96)(H,74,99)(H,75,100)(H,76,94)(H,77,102)(H,78,83)(H,79,98)(H,80,97)(H,84,85)(H,86,87)(H,88,89)(H,90,91)(H2,104,105,106)/t28-,37+,38-,39+,40+,41+,42+,43+,44?,50+,51-,52-,53?,54+/m1/s1. The Bertz CT molecular complexity index is 4580. The van der Waals surface area contributed by atoms with Crippen molar-refractivity contribution in [2.75, 3.05) is 13.2 Å². The molecule has 1 saturated heterocycles. The number of carbonyl (C=O) groups is 5. The molecule has 23 N–H and O–H groups in total. The van der Waals surface area contributed by atoms with Gasteiger partial charge in [-0.05, 0) is 60.7 Å². The van der Waals surface area contributed by atoms with Crippen LogP contribution in [0.15, 0.2) is 140 Å². The number of fused-ring (bicyclic) bond motifs is 2. The molecule has 2 unspecified atom stereocenters. The number of carboxylic acid groups (broad SMARTS) is 4. The van der Waals surface area contributed by atoms with Crippen molar-refractivity contribution in [3.63, 3.8) is 0 Å². The van der Waals surface area contributed by atoms with Crippen LogP contribution in [-0.2, 0) is 55.4 Å². The van der Waals surface area contributed by atoms with E-state index in [9.17, 15) is 125 Å². The number of aliphatic imine (C=N–C) groups is 11. The number of nitrogens with zero attached hydrogens (tertiary/aromatic N) is 11. The lowest BCUT2D eigenvalue weighted by Crippen LogP contribution is -2.42. The van der Waals surface area contributed by atoms with Crippen molar-refractivity contribution in [2.45, 2.75) is 156 Å². The number of hydrogen-bond donors (Lipinski definition) is 23. The summed E-state index contributed by atoms with van der Waals surface area (Å²) in [4.78, 5) is 134. The quantitative estimate of drug-likeness (QED) is 0.0125. The number of H-pyrrole nitrogens is 2. The summed E-state index contributed by atoms with van der Waals surface area (Å²) < 4.78 is 28.3. The lowest BCUT2D eigenvalue weighted by molar-refractivity contribution is -0.150. The molecule has 0 bridgehead atoms. The molecule has 3 aromatic carbocycles. The molecule has 1 fully saturated rings. The van der Waals surface area contributed by atoms with E-state index in [4.69, 9.17) is 14.9 Å². The van der Waals surface area contributed by atoms with Gasteiger partial charge >= 0.3 is 37.7 Å². The second kappa shape index (κ2) is 38.4. The third-order valence-corrected chi connectivity index (χ3v) is 16.8. The zero-order valence-corrected chi connectivity index (χ0v) is 58.8. The van der Waals surface area contributed by atoms with Gasteiger partial charge in [-0.1, -0.05) is 61.9 Å². The van der Waals surface area contributed by atoms with E-state index in [0.29, 0.717) is 34.6 Å². The highest BCUT2D eigenvalue weighted by molar-refractivity contribution is 7.46. The fourth-order valence-electron chi connectivity index (χ4n) is 10.9. The van der Waals surface area contributed by atoms with Gasteiger partial charge in [0.05, 0.1) is 32.0 Å². The molecule has 4 heterocycles. The molecule has 2 aliphatic rings. The Kier molecular flexibility index (Phi) is 29.6. The number of aliphatic hydroxyl groups excluding tert-OH is 13. The largest absolute Gasteiger partial charge is 0.508 e. The van der Waals surface area contributed by atoms with Crippen LogP contribution in [0.3, 0.4) is 0 Å². The first-order valence-corrected chi connectivity index (χ1v) is 34.6. The summed E-state index contributed by atoms with van der Waals surface area (Å²) in [6, 6.07) is -5.86. The number of benzene rings is 3. The Balaban J connectivity index is 1.55. The lowest BCUT2D eigenvalue weighted by Gasteiger charge is -2.24. The molecule has 2 aromatic heterocycles. The van der Waals surface area contributed by atoms with Crippen molar-refractivity contribution in [3.8, 4) is 5.75 Å². The first kappa shape index (κ1) is 84.8. The van der Waals surface area contributed by atoms with Gasteiger partial charge in [-0.3, -0.25) is 29.1 Å². The summed E-state index contributed by atoms with van der Waals surface area (Å²) in [5.41, 5.74) is 1.08. The number of rotatable bonds is 25. The predicted octanol–water partition coefficient (Wildman–Crippen LogP) is 4.53. The summed E-state index contributed by atoms with van der Waals surface area (Å²) in [5.74, 6) is -26.0. The Labute approximate surface area is 619 Å². The van der Waals surface area contributed by atoms with Crippen molar-refractivity contribution in [2.24, 2.45) is 54.9 Å². The molecule has 2 aliphatic heterocycles. The Morgan fingerprint density at radius 2 is 1.10 bits per heavy atom. The molecule has 14 atom stereocenters. The van der Waals surface area contributed by atoms with Gasteiger partial charge in [-0.15, -0.1) is 0 Å². The first-order chi connectivity index (χ1) is 51.9. The van der Waals surface area contributed by atoms with E-state index in [1.165, 1.54) is 12.4 Å². The SMILES string of the molecule is CCCC1OC1C(O)=N[C@@H](CO)C(O)=N[C@@H]1C(O)=N[C@H](Cc2c[nH]c3ccccc23)C(O)=N[C@@H](CC(=O)O)C(O)=N[C@@H](CC(=O)O)C(O)=N[C@H](c2ccc(O)cc2)C(O)=N[C@@H](CC(=O)O)C(O)=NCC(O)=N[C@H]([C@H](OP(=O)(O)O)C(=N)O)C(O)=N[C@@H](CCC(=O)O)C(O)=N[C@@H](Cc2c[nH]c3ccccc23)C(=O)O[C@@H]1C. The number of carboxylic acids is 4. The van der Waals surface area contributed by atoms with E-state index >= 15 is 4.79 Å². The van der Waals surface area contributed by atoms with Gasteiger partial charge in [-0.25, -0.2) is 64.3 Å². The Morgan fingerprint density at radius 1 is 0.609 bits per heavy atom. The topological polar surface area (TPSA) is 729 Å². The minimum absolute atomic E-state index is 0.219. The normalized spacial score (nSPS) is 24.4. The van der Waals surface area contributed by atoms with Crippen LogP contribution >= 0.6 is 7.82 Å². The van der Waals surface area contributed by atoms with Crippen LogP contribution in [0, 0.1) is 5.41 Å². The Hall–Kier alpha value is -12.4. The van der Waals surface area contributed by atoms with Crippen molar-refractivity contribution >= 4 is 130 Å². The number of cyclic esters (lactones) is 1. The average Bonchev–Trinajstić information content (AvgIpc) is 1.86. The number of aromatic nitrogens is 2. The maximum atomic E-state index is 15.1. The number of ether oxygens (including phenoxy) is 2. The van der Waals surface area contributed by atoms with Gasteiger partial charge in [0.1, 0.15) is 48.6 Å². The van der Waals surface area contributed by atoms with E-state index in [-0.39, 0.29) is 16.7 Å². The number of para-hydroxylation sites is 2. The third-order valence-electron chi connectivity index (χ3n) is 16.3. The summed E-state index contributed by atoms with van der Waals surface area (Å²) in [7, 11) is -5.97. The molecule has 0 spiro atoms. The van der Waals surface area contributed by atoms with Gasteiger partial charge in [0.25, 0.3) is 0 Å². The molecule has 0 aliphatic carbocycles. The number of nitrogens with one attached hydrogen (secondary N) is 3. The number of hydrogen-bond acceptors (Lipinski definition) is 23. The molecule has 5 aromatic rings. The molecule has 0 saturated carbocycles. The zero-order chi connectivity index (χ0) is 81.0. The molecule has 43 nitrogen and oxygen atoms in total. The molecule has 7 rings (SSSR count). The predicted molar refractivity (Wildman–Crippen MR) is 392 cm³/mol. The summed E-state index contributed by atoms with van der Waals surface area (Å²) >= 11 is 0. The molecular weight excluding hydrogens is 1480 g/mol. The second-order valence-corrected chi connectivity index (χ2v) is 25.8. The molecule has 0 radical (unpaired) electrons. The van der Waals surface area contributed by atoms with E-state index in [1.807, 2.05) is 6.92 Å². The number of epoxide rings is 1. The van der Waals surface area contributed by atoms with Crippen LogP contribution in [-0.4, -0.2) is 304 Å². The highest BCUT2D eigenvalue weighted by Crippen LogP contribution is 2.39.